The lowest BCUT2D eigenvalue weighted by Crippen LogP contribution is -2.37. The van der Waals surface area contributed by atoms with Gasteiger partial charge in [0, 0.05) is 24.2 Å². The summed E-state index contributed by atoms with van der Waals surface area (Å²) in [5.74, 6) is 0. The average Bonchev–Trinajstić information content (AvgIpc) is 2.43. The first-order valence-electron chi connectivity index (χ1n) is 7.28. The lowest BCUT2D eigenvalue weighted by molar-refractivity contribution is 0.199. The highest BCUT2D eigenvalue weighted by Crippen LogP contribution is 2.31. The van der Waals surface area contributed by atoms with E-state index in [-0.39, 0.29) is 0 Å². The van der Waals surface area contributed by atoms with Crippen LogP contribution in [0.1, 0.15) is 45.3 Å². The number of hydrogen-bond donors (Lipinski definition) is 1. The molecule has 0 spiro atoms. The van der Waals surface area contributed by atoms with Crippen LogP contribution in [0.4, 0.5) is 5.69 Å². The molecule has 1 aromatic rings. The maximum Gasteiger partial charge on any atom is 0.0762 e. The Bertz CT molecular complexity index is 405. The van der Waals surface area contributed by atoms with Crippen molar-refractivity contribution < 1.29 is 9.84 Å². The molecule has 114 valence electrons. The number of rotatable bonds is 8. The first-order valence-corrected chi connectivity index (χ1v) is 8.07. The number of aliphatic hydroxyl groups excluding tert-OH is 1. The molecular weight excluding hydrogens is 318 g/mol. The summed E-state index contributed by atoms with van der Waals surface area (Å²) in [6, 6.07) is 6.58. The highest BCUT2D eigenvalue weighted by atomic mass is 79.9. The molecule has 0 aliphatic carbocycles. The van der Waals surface area contributed by atoms with E-state index in [1.54, 1.807) is 14.0 Å². The quantitative estimate of drug-likeness (QED) is 0.769. The van der Waals surface area contributed by atoms with Crippen LogP contribution in [0, 0.1) is 0 Å². The zero-order valence-corrected chi connectivity index (χ0v) is 14.5. The van der Waals surface area contributed by atoms with Crippen LogP contribution in [0.2, 0.25) is 0 Å². The lowest BCUT2D eigenvalue weighted by atomic mass is 10.1. The maximum atomic E-state index is 9.67. The Morgan fingerprint density at radius 2 is 1.95 bits per heavy atom. The van der Waals surface area contributed by atoms with Crippen molar-refractivity contribution in [2.45, 2.75) is 45.8 Å². The van der Waals surface area contributed by atoms with E-state index in [1.807, 2.05) is 12.1 Å². The molecule has 3 nitrogen and oxygen atoms in total. The molecule has 0 amide bonds. The average molecular weight is 344 g/mol. The molecule has 0 fully saturated rings. The van der Waals surface area contributed by atoms with Crippen molar-refractivity contribution in [2.24, 2.45) is 0 Å². The molecule has 1 atom stereocenters. The van der Waals surface area contributed by atoms with Gasteiger partial charge in [0.2, 0.25) is 0 Å². The third-order valence-electron chi connectivity index (χ3n) is 3.68. The van der Waals surface area contributed by atoms with Crippen LogP contribution in [0.5, 0.6) is 0 Å². The van der Waals surface area contributed by atoms with Crippen LogP contribution in [0.3, 0.4) is 0 Å². The fourth-order valence-electron chi connectivity index (χ4n) is 2.43. The van der Waals surface area contributed by atoms with E-state index in [0.29, 0.717) is 12.6 Å². The van der Waals surface area contributed by atoms with Gasteiger partial charge in [0.25, 0.3) is 0 Å². The van der Waals surface area contributed by atoms with Crippen molar-refractivity contribution in [3.63, 3.8) is 0 Å². The molecule has 1 rings (SSSR count). The Morgan fingerprint density at radius 1 is 1.30 bits per heavy atom. The van der Waals surface area contributed by atoms with Gasteiger partial charge in [-0.05, 0) is 53.4 Å². The van der Waals surface area contributed by atoms with Gasteiger partial charge in [0.05, 0.1) is 18.4 Å². The summed E-state index contributed by atoms with van der Waals surface area (Å²) in [6.45, 7) is 7.79. The van der Waals surface area contributed by atoms with Crippen molar-refractivity contribution in [1.82, 2.24) is 0 Å². The van der Waals surface area contributed by atoms with Gasteiger partial charge >= 0.3 is 0 Å². The molecule has 0 radical (unpaired) electrons. The molecule has 0 heterocycles. The zero-order valence-electron chi connectivity index (χ0n) is 12.9. The van der Waals surface area contributed by atoms with E-state index in [0.717, 1.165) is 29.4 Å². The monoisotopic (exact) mass is 343 g/mol. The number of aliphatic hydroxyl groups is 1. The van der Waals surface area contributed by atoms with Crippen molar-refractivity contribution in [3.8, 4) is 0 Å². The van der Waals surface area contributed by atoms with E-state index in [2.05, 4.69) is 40.7 Å². The standard InChI is InChI=1S/C16H26BrNO2/c1-5-14(6-2)18(9-10-20-4)16-8-7-13(12(3)19)11-15(16)17/h7-8,11-12,14,19H,5-6,9-10H2,1-4H3/t12-/m0/s1. The summed E-state index contributed by atoms with van der Waals surface area (Å²) in [5.41, 5.74) is 2.09. The Balaban J connectivity index is 3.06. The van der Waals surface area contributed by atoms with Gasteiger partial charge in [-0.1, -0.05) is 19.9 Å². The summed E-state index contributed by atoms with van der Waals surface area (Å²) < 4.78 is 6.26. The van der Waals surface area contributed by atoms with Gasteiger partial charge in [-0.15, -0.1) is 0 Å². The van der Waals surface area contributed by atoms with E-state index >= 15 is 0 Å². The summed E-state index contributed by atoms with van der Waals surface area (Å²) in [6.07, 6.45) is 1.76. The number of ether oxygens (including phenoxy) is 1. The van der Waals surface area contributed by atoms with Crippen LogP contribution in [0.25, 0.3) is 0 Å². The molecule has 4 heteroatoms. The number of hydrogen-bond acceptors (Lipinski definition) is 3. The highest BCUT2D eigenvalue weighted by molar-refractivity contribution is 9.10. The van der Waals surface area contributed by atoms with Gasteiger partial charge in [0.1, 0.15) is 0 Å². The van der Waals surface area contributed by atoms with Gasteiger partial charge in [-0.3, -0.25) is 0 Å². The zero-order chi connectivity index (χ0) is 15.1. The minimum absolute atomic E-state index is 0.444. The molecular formula is C16H26BrNO2. The number of benzene rings is 1. The molecule has 0 aromatic heterocycles. The number of anilines is 1. The van der Waals surface area contributed by atoms with Crippen molar-refractivity contribution >= 4 is 21.6 Å². The van der Waals surface area contributed by atoms with Crippen LogP contribution >= 0.6 is 15.9 Å². The minimum atomic E-state index is -0.444. The van der Waals surface area contributed by atoms with E-state index in [1.165, 1.54) is 5.69 Å². The molecule has 0 saturated carbocycles. The predicted molar refractivity (Wildman–Crippen MR) is 88.4 cm³/mol. The molecule has 1 N–H and O–H groups in total. The minimum Gasteiger partial charge on any atom is -0.389 e. The van der Waals surface area contributed by atoms with Gasteiger partial charge in [-0.25, -0.2) is 0 Å². The molecule has 1 aromatic carbocycles. The van der Waals surface area contributed by atoms with Gasteiger partial charge in [0.15, 0.2) is 0 Å². The van der Waals surface area contributed by atoms with Gasteiger partial charge < -0.3 is 14.7 Å². The van der Waals surface area contributed by atoms with Crippen molar-refractivity contribution in [3.05, 3.63) is 28.2 Å². The Labute approximate surface area is 131 Å². The molecule has 0 aliphatic rings. The summed E-state index contributed by atoms with van der Waals surface area (Å²) in [7, 11) is 1.73. The van der Waals surface area contributed by atoms with Crippen LogP contribution in [-0.2, 0) is 4.74 Å². The summed E-state index contributed by atoms with van der Waals surface area (Å²) in [5, 5.41) is 9.67. The van der Waals surface area contributed by atoms with Crippen molar-refractivity contribution in [1.29, 1.82) is 0 Å². The Hall–Kier alpha value is -0.580. The normalized spacial score (nSPS) is 12.8. The highest BCUT2D eigenvalue weighted by Gasteiger charge is 2.18. The van der Waals surface area contributed by atoms with Crippen LogP contribution in [0.15, 0.2) is 22.7 Å². The molecule has 0 unspecified atom stereocenters. The van der Waals surface area contributed by atoms with Crippen LogP contribution in [-0.4, -0.2) is 31.4 Å². The third-order valence-corrected chi connectivity index (χ3v) is 4.32. The molecule has 0 aliphatic heterocycles. The van der Waals surface area contributed by atoms with E-state index in [4.69, 9.17) is 4.74 Å². The number of halogens is 1. The Kier molecular flexibility index (Phi) is 7.56. The van der Waals surface area contributed by atoms with E-state index in [9.17, 15) is 5.11 Å². The third kappa shape index (κ3) is 4.47. The topological polar surface area (TPSA) is 32.7 Å². The first-order chi connectivity index (χ1) is 9.54. The molecule has 0 saturated heterocycles. The smallest absolute Gasteiger partial charge is 0.0762 e. The second kappa shape index (κ2) is 8.65. The summed E-state index contributed by atoms with van der Waals surface area (Å²) in [4.78, 5) is 2.39. The Morgan fingerprint density at radius 3 is 2.40 bits per heavy atom. The number of methoxy groups -OCH3 is 1. The maximum absolute atomic E-state index is 9.67. The lowest BCUT2D eigenvalue weighted by Gasteiger charge is -2.33. The molecule has 0 bridgehead atoms. The fraction of sp³-hybridized carbons (Fsp3) is 0.625. The first kappa shape index (κ1) is 17.5. The van der Waals surface area contributed by atoms with Gasteiger partial charge in [-0.2, -0.15) is 0 Å². The predicted octanol–water partition coefficient (Wildman–Crippen LogP) is 4.14. The van der Waals surface area contributed by atoms with Crippen molar-refractivity contribution in [2.75, 3.05) is 25.2 Å². The van der Waals surface area contributed by atoms with E-state index < -0.39 is 6.10 Å². The largest absolute Gasteiger partial charge is 0.389 e. The number of nitrogens with zero attached hydrogens (tertiary/aromatic N) is 1. The second-order valence-electron chi connectivity index (χ2n) is 5.04. The van der Waals surface area contributed by atoms with Crippen LogP contribution < -0.4 is 4.90 Å². The summed E-state index contributed by atoms with van der Waals surface area (Å²) >= 11 is 3.64. The second-order valence-corrected chi connectivity index (χ2v) is 5.90. The fourth-order valence-corrected chi connectivity index (χ4v) is 3.06. The molecule has 20 heavy (non-hydrogen) atoms. The SMILES string of the molecule is CCC(CC)N(CCOC)c1ccc([C@H](C)O)cc1Br.